The van der Waals surface area contributed by atoms with Crippen LogP contribution in [0, 0.1) is 0 Å². The smallest absolute Gasteiger partial charge is 0.261 e. The predicted octanol–water partition coefficient (Wildman–Crippen LogP) is 0.852. The van der Waals surface area contributed by atoms with E-state index in [1.165, 1.54) is 7.11 Å². The second-order valence-corrected chi connectivity index (χ2v) is 7.41. The number of primary amides is 1. The molecule has 2 aliphatic rings. The molecule has 2 aliphatic heterocycles. The normalized spacial score (nSPS) is 19.1. The fourth-order valence-corrected chi connectivity index (χ4v) is 3.72. The Balaban J connectivity index is 1.66. The quantitative estimate of drug-likeness (QED) is 0.640. The third-order valence-electron chi connectivity index (χ3n) is 5.25. The fraction of sp³-hybridized carbons (Fsp3) is 0.450. The number of alkyl halides is 2. The van der Waals surface area contributed by atoms with Crippen molar-refractivity contribution in [2.75, 3.05) is 43.8 Å². The van der Waals surface area contributed by atoms with Gasteiger partial charge in [0, 0.05) is 25.1 Å². The zero-order valence-electron chi connectivity index (χ0n) is 17.3. The van der Waals surface area contributed by atoms with Crippen molar-refractivity contribution in [2.45, 2.75) is 25.1 Å². The summed E-state index contributed by atoms with van der Waals surface area (Å²) in [5.41, 5.74) is 6.60. The number of amides is 2. The first kappa shape index (κ1) is 22.0. The summed E-state index contributed by atoms with van der Waals surface area (Å²) in [5, 5.41) is 3.00. The van der Waals surface area contributed by atoms with Crippen molar-refractivity contribution in [1.29, 1.82) is 0 Å². The molecule has 1 fully saturated rings. The molecule has 1 saturated heterocycles. The second-order valence-electron chi connectivity index (χ2n) is 7.41. The van der Waals surface area contributed by atoms with E-state index in [9.17, 15) is 18.4 Å². The molecule has 2 amide bonds. The van der Waals surface area contributed by atoms with Crippen molar-refractivity contribution in [3.63, 3.8) is 0 Å². The van der Waals surface area contributed by atoms with Gasteiger partial charge in [-0.3, -0.25) is 14.5 Å². The molecule has 0 saturated carbocycles. The minimum absolute atomic E-state index is 0.0971. The van der Waals surface area contributed by atoms with Crippen molar-refractivity contribution >= 4 is 23.3 Å². The van der Waals surface area contributed by atoms with Gasteiger partial charge < -0.3 is 29.8 Å². The van der Waals surface area contributed by atoms with Gasteiger partial charge in [-0.15, -0.1) is 0 Å². The van der Waals surface area contributed by atoms with Crippen LogP contribution in [0.5, 0.6) is 5.75 Å². The van der Waals surface area contributed by atoms with Crippen molar-refractivity contribution < 1.29 is 32.6 Å². The van der Waals surface area contributed by atoms with Gasteiger partial charge in [-0.1, -0.05) is 0 Å². The highest BCUT2D eigenvalue weighted by atomic mass is 19.3. The maximum atomic E-state index is 13.5. The molecular formula is C20H23F2N5O5. The van der Waals surface area contributed by atoms with Gasteiger partial charge in [-0.05, 0) is 12.1 Å². The molecule has 1 aromatic heterocycles. The van der Waals surface area contributed by atoms with Crippen LogP contribution in [-0.4, -0.2) is 73.4 Å². The van der Waals surface area contributed by atoms with Gasteiger partial charge in [-0.2, -0.15) is 0 Å². The Labute approximate surface area is 182 Å². The zero-order valence-corrected chi connectivity index (χ0v) is 17.3. The number of imidazole rings is 1. The Morgan fingerprint density at radius 3 is 2.97 bits per heavy atom. The number of hydrogen-bond acceptors (Lipinski definition) is 7. The Morgan fingerprint density at radius 1 is 1.44 bits per heavy atom. The fourth-order valence-electron chi connectivity index (χ4n) is 3.72. The summed E-state index contributed by atoms with van der Waals surface area (Å²) >= 11 is 0. The maximum Gasteiger partial charge on any atom is 0.261 e. The SMILES string of the molecule is COC[C@H](Nc1ccc2c(c1)OCCn1cc(N3C(=O)COCC3C(F)F)nc1-2)C(N)=O. The topological polar surface area (TPSA) is 121 Å². The minimum atomic E-state index is -2.77. The zero-order chi connectivity index (χ0) is 22.8. The molecule has 12 heteroatoms. The largest absolute Gasteiger partial charge is 0.491 e. The number of hydrogen-bond donors (Lipinski definition) is 2. The van der Waals surface area contributed by atoms with Gasteiger partial charge >= 0.3 is 0 Å². The first-order chi connectivity index (χ1) is 15.4. The summed E-state index contributed by atoms with van der Waals surface area (Å²) in [5.74, 6) is -0.0179. The number of fused-ring (bicyclic) bond motifs is 3. The van der Waals surface area contributed by atoms with Gasteiger partial charge in [0.1, 0.15) is 36.9 Å². The van der Waals surface area contributed by atoms with Gasteiger partial charge in [-0.25, -0.2) is 13.8 Å². The number of carbonyl (C=O) groups excluding carboxylic acids is 2. The van der Waals surface area contributed by atoms with Crippen molar-refractivity contribution in [3.8, 4) is 17.1 Å². The Hall–Kier alpha value is -3.25. The Bertz CT molecular complexity index is 1010. The number of carbonyl (C=O) groups is 2. The molecule has 10 nitrogen and oxygen atoms in total. The van der Waals surface area contributed by atoms with Crippen LogP contribution >= 0.6 is 0 Å². The molecule has 0 spiro atoms. The number of aromatic nitrogens is 2. The van der Waals surface area contributed by atoms with E-state index in [1.807, 2.05) is 0 Å². The van der Waals surface area contributed by atoms with Crippen molar-refractivity contribution in [3.05, 3.63) is 24.4 Å². The molecule has 172 valence electrons. The molecule has 3 heterocycles. The summed E-state index contributed by atoms with van der Waals surface area (Å²) in [4.78, 5) is 29.4. The summed E-state index contributed by atoms with van der Waals surface area (Å²) in [7, 11) is 1.47. The summed E-state index contributed by atoms with van der Waals surface area (Å²) in [6, 6.07) is 3.04. The molecule has 3 N–H and O–H groups in total. The van der Waals surface area contributed by atoms with Gasteiger partial charge in [0.05, 0.1) is 25.3 Å². The first-order valence-corrected chi connectivity index (χ1v) is 9.96. The number of nitrogens with two attached hydrogens (primary N) is 1. The van der Waals surface area contributed by atoms with Crippen LogP contribution in [0.15, 0.2) is 24.4 Å². The Kier molecular flexibility index (Phi) is 6.24. The summed E-state index contributed by atoms with van der Waals surface area (Å²) < 4.78 is 44.6. The highest BCUT2D eigenvalue weighted by Crippen LogP contribution is 2.36. The van der Waals surface area contributed by atoms with E-state index in [1.54, 1.807) is 29.0 Å². The lowest BCUT2D eigenvalue weighted by atomic mass is 10.1. The standard InChI is InChI=1S/C20H23F2N5O5/c1-30-8-13(19(23)29)24-11-2-3-12-15(6-11)32-5-4-26-7-16(25-20(12)26)27-14(18(21)22)9-31-10-17(27)28/h2-3,6-7,13-14,18,24H,4-5,8-10H2,1H3,(H2,23,29)/t13-,14?/m0/s1. The molecule has 2 aromatic rings. The average Bonchev–Trinajstić information content (AvgIpc) is 3.09. The van der Waals surface area contributed by atoms with E-state index >= 15 is 0 Å². The highest BCUT2D eigenvalue weighted by Gasteiger charge is 2.38. The molecule has 2 atom stereocenters. The third-order valence-corrected chi connectivity index (χ3v) is 5.25. The molecule has 1 aromatic carbocycles. The number of nitrogens with one attached hydrogen (secondary N) is 1. The summed E-state index contributed by atoms with van der Waals surface area (Å²) in [6.07, 6.45) is -1.20. The van der Waals surface area contributed by atoms with E-state index in [2.05, 4.69) is 10.3 Å². The number of nitrogens with zero attached hydrogens (tertiary/aromatic N) is 3. The lowest BCUT2D eigenvalue weighted by Gasteiger charge is -2.33. The number of halogens is 2. The second kappa shape index (κ2) is 9.09. The number of rotatable bonds is 7. The van der Waals surface area contributed by atoms with Gasteiger partial charge in [0.25, 0.3) is 12.3 Å². The van der Waals surface area contributed by atoms with Crippen LogP contribution in [0.2, 0.25) is 0 Å². The molecule has 32 heavy (non-hydrogen) atoms. The molecular weight excluding hydrogens is 428 g/mol. The van der Waals surface area contributed by atoms with Crippen LogP contribution in [-0.2, 0) is 25.6 Å². The number of anilines is 2. The van der Waals surface area contributed by atoms with Crippen LogP contribution < -0.4 is 20.7 Å². The van der Waals surface area contributed by atoms with Gasteiger partial charge in [0.15, 0.2) is 5.82 Å². The Morgan fingerprint density at radius 2 is 2.25 bits per heavy atom. The number of benzene rings is 1. The van der Waals surface area contributed by atoms with Gasteiger partial charge in [0.2, 0.25) is 5.91 Å². The first-order valence-electron chi connectivity index (χ1n) is 9.96. The minimum Gasteiger partial charge on any atom is -0.491 e. The maximum absolute atomic E-state index is 13.5. The average molecular weight is 451 g/mol. The lowest BCUT2D eigenvalue weighted by Crippen LogP contribution is -2.53. The van der Waals surface area contributed by atoms with E-state index in [-0.39, 0.29) is 25.6 Å². The summed E-state index contributed by atoms with van der Waals surface area (Å²) in [6.45, 7) is 0.266. The predicted molar refractivity (Wildman–Crippen MR) is 110 cm³/mol. The number of ether oxygens (including phenoxy) is 3. The van der Waals surface area contributed by atoms with E-state index in [0.29, 0.717) is 36.0 Å². The van der Waals surface area contributed by atoms with E-state index < -0.39 is 30.3 Å². The highest BCUT2D eigenvalue weighted by molar-refractivity contribution is 5.95. The lowest BCUT2D eigenvalue weighted by molar-refractivity contribution is -0.130. The van der Waals surface area contributed by atoms with Crippen LogP contribution in [0.1, 0.15) is 0 Å². The third kappa shape index (κ3) is 4.23. The van der Waals surface area contributed by atoms with Crippen molar-refractivity contribution in [2.24, 2.45) is 5.73 Å². The molecule has 1 unspecified atom stereocenters. The number of morpholine rings is 1. The monoisotopic (exact) mass is 451 g/mol. The molecule has 0 aliphatic carbocycles. The van der Waals surface area contributed by atoms with Crippen LogP contribution in [0.25, 0.3) is 11.4 Å². The number of methoxy groups -OCH3 is 1. The van der Waals surface area contributed by atoms with E-state index in [0.717, 1.165) is 4.90 Å². The van der Waals surface area contributed by atoms with Crippen LogP contribution in [0.4, 0.5) is 20.3 Å². The van der Waals surface area contributed by atoms with Crippen LogP contribution in [0.3, 0.4) is 0 Å². The molecule has 0 radical (unpaired) electrons. The molecule has 0 bridgehead atoms. The van der Waals surface area contributed by atoms with Crippen molar-refractivity contribution in [1.82, 2.24) is 9.55 Å². The van der Waals surface area contributed by atoms with E-state index in [4.69, 9.17) is 19.9 Å². The molecule has 4 rings (SSSR count).